The van der Waals surface area contributed by atoms with Crippen molar-refractivity contribution in [2.75, 3.05) is 18.2 Å². The highest BCUT2D eigenvalue weighted by atomic mass is 35.5. The summed E-state index contributed by atoms with van der Waals surface area (Å²) in [7, 11) is 1.27. The molecule has 0 amide bonds. The third-order valence-corrected chi connectivity index (χ3v) is 2.83. The van der Waals surface area contributed by atoms with Crippen LogP contribution in [-0.4, -0.2) is 13.1 Å². The zero-order chi connectivity index (χ0) is 14.7. The molecular weight excluding hydrogens is 283 g/mol. The first kappa shape index (κ1) is 14.1. The van der Waals surface area contributed by atoms with Gasteiger partial charge in [-0.05, 0) is 36.4 Å². The summed E-state index contributed by atoms with van der Waals surface area (Å²) >= 11 is 5.77. The fourth-order valence-electron chi connectivity index (χ4n) is 1.71. The summed E-state index contributed by atoms with van der Waals surface area (Å²) in [6.07, 6.45) is 0. The lowest BCUT2D eigenvalue weighted by Crippen LogP contribution is -2.06. The molecule has 104 valence electrons. The van der Waals surface area contributed by atoms with E-state index in [-0.39, 0.29) is 10.6 Å². The van der Waals surface area contributed by atoms with E-state index in [9.17, 15) is 9.18 Å². The first-order chi connectivity index (χ1) is 9.49. The molecule has 0 bridgehead atoms. The first-order valence-corrected chi connectivity index (χ1v) is 6.08. The number of nitrogen functional groups attached to an aromatic ring is 1. The zero-order valence-corrected chi connectivity index (χ0v) is 11.4. The Kier molecular flexibility index (Phi) is 4.10. The Morgan fingerprint density at radius 2 is 2.00 bits per heavy atom. The van der Waals surface area contributed by atoms with E-state index in [1.807, 2.05) is 0 Å². The third kappa shape index (κ3) is 3.19. The first-order valence-electron chi connectivity index (χ1n) is 5.70. The van der Waals surface area contributed by atoms with Crippen molar-refractivity contribution in [2.45, 2.75) is 0 Å². The summed E-state index contributed by atoms with van der Waals surface area (Å²) in [6.45, 7) is 0. The lowest BCUT2D eigenvalue weighted by Gasteiger charge is -2.10. The van der Waals surface area contributed by atoms with Gasteiger partial charge in [0.05, 0.1) is 12.7 Å². The van der Waals surface area contributed by atoms with Crippen molar-refractivity contribution in [3.8, 4) is 0 Å². The van der Waals surface area contributed by atoms with Gasteiger partial charge in [-0.2, -0.15) is 0 Å². The minimum Gasteiger partial charge on any atom is -0.465 e. The topological polar surface area (TPSA) is 64.3 Å². The molecule has 0 unspecified atom stereocenters. The molecule has 2 aromatic carbocycles. The second-order valence-electron chi connectivity index (χ2n) is 4.08. The van der Waals surface area contributed by atoms with Gasteiger partial charge in [0, 0.05) is 22.1 Å². The van der Waals surface area contributed by atoms with Gasteiger partial charge in [-0.15, -0.1) is 0 Å². The molecule has 2 rings (SSSR count). The van der Waals surface area contributed by atoms with Crippen molar-refractivity contribution in [3.63, 3.8) is 0 Å². The Balaban J connectivity index is 2.32. The number of hydrogen-bond donors (Lipinski definition) is 2. The second-order valence-corrected chi connectivity index (χ2v) is 4.51. The summed E-state index contributed by atoms with van der Waals surface area (Å²) in [5.74, 6) is -0.993. The number of nitrogens with two attached hydrogens (primary N) is 1. The number of ether oxygens (including phenoxy) is 1. The molecule has 0 spiro atoms. The molecule has 4 nitrogen and oxygen atoms in total. The SMILES string of the molecule is COC(=O)c1cc(Nc2cc(F)cc(Cl)c2)ccc1N. The van der Waals surface area contributed by atoms with Gasteiger partial charge in [-0.1, -0.05) is 11.6 Å². The quantitative estimate of drug-likeness (QED) is 0.671. The average Bonchev–Trinajstić information content (AvgIpc) is 2.39. The van der Waals surface area contributed by atoms with E-state index in [0.29, 0.717) is 17.1 Å². The van der Waals surface area contributed by atoms with Gasteiger partial charge in [0.25, 0.3) is 0 Å². The van der Waals surface area contributed by atoms with Crippen LogP contribution in [-0.2, 0) is 4.74 Å². The highest BCUT2D eigenvalue weighted by molar-refractivity contribution is 6.30. The summed E-state index contributed by atoms with van der Waals surface area (Å²) < 4.78 is 17.9. The molecule has 0 radical (unpaired) electrons. The number of anilines is 3. The van der Waals surface area contributed by atoms with Crippen LogP contribution in [0.15, 0.2) is 36.4 Å². The zero-order valence-electron chi connectivity index (χ0n) is 10.6. The smallest absolute Gasteiger partial charge is 0.340 e. The van der Waals surface area contributed by atoms with Gasteiger partial charge in [0.1, 0.15) is 5.82 Å². The van der Waals surface area contributed by atoms with Crippen LogP contribution < -0.4 is 11.1 Å². The van der Waals surface area contributed by atoms with Crippen LogP contribution in [0.4, 0.5) is 21.5 Å². The summed E-state index contributed by atoms with van der Waals surface area (Å²) in [4.78, 5) is 11.5. The molecule has 0 aliphatic rings. The van der Waals surface area contributed by atoms with Crippen LogP contribution in [0, 0.1) is 5.82 Å². The second kappa shape index (κ2) is 5.79. The molecule has 0 aliphatic heterocycles. The molecule has 0 saturated heterocycles. The van der Waals surface area contributed by atoms with Crippen molar-refractivity contribution < 1.29 is 13.9 Å². The number of nitrogens with one attached hydrogen (secondary N) is 1. The van der Waals surface area contributed by atoms with Crippen LogP contribution in [0.3, 0.4) is 0 Å². The lowest BCUT2D eigenvalue weighted by atomic mass is 10.1. The van der Waals surface area contributed by atoms with Gasteiger partial charge >= 0.3 is 5.97 Å². The predicted octanol–water partition coefficient (Wildman–Crippen LogP) is 3.59. The van der Waals surface area contributed by atoms with Gasteiger partial charge in [0.15, 0.2) is 0 Å². The number of carbonyl (C=O) groups is 1. The minimum absolute atomic E-state index is 0.236. The molecule has 20 heavy (non-hydrogen) atoms. The van der Waals surface area contributed by atoms with Crippen LogP contribution in [0.2, 0.25) is 5.02 Å². The summed E-state index contributed by atoms with van der Waals surface area (Å²) in [6, 6.07) is 8.82. The number of carbonyl (C=O) groups excluding carboxylic acids is 1. The largest absolute Gasteiger partial charge is 0.465 e. The molecule has 0 heterocycles. The Morgan fingerprint density at radius 3 is 2.65 bits per heavy atom. The molecule has 0 aromatic heterocycles. The Hall–Kier alpha value is -2.27. The van der Waals surface area contributed by atoms with Crippen LogP contribution in [0.5, 0.6) is 0 Å². The molecule has 6 heteroatoms. The summed E-state index contributed by atoms with van der Waals surface area (Å²) in [5.41, 5.74) is 7.28. The van der Waals surface area contributed by atoms with Crippen molar-refractivity contribution in [1.82, 2.24) is 0 Å². The van der Waals surface area contributed by atoms with E-state index in [2.05, 4.69) is 10.1 Å². The summed E-state index contributed by atoms with van der Waals surface area (Å²) in [5, 5.41) is 3.22. The number of methoxy groups -OCH3 is 1. The monoisotopic (exact) mass is 294 g/mol. The molecule has 3 N–H and O–H groups in total. The molecular formula is C14H12ClFN2O2. The normalized spacial score (nSPS) is 10.2. The molecule has 0 saturated carbocycles. The van der Waals surface area contributed by atoms with Crippen LogP contribution in [0.25, 0.3) is 0 Å². The van der Waals surface area contributed by atoms with E-state index in [4.69, 9.17) is 17.3 Å². The maximum atomic E-state index is 13.2. The Morgan fingerprint density at radius 1 is 1.25 bits per heavy atom. The lowest BCUT2D eigenvalue weighted by molar-refractivity contribution is 0.0602. The van der Waals surface area contributed by atoms with Crippen LogP contribution >= 0.6 is 11.6 Å². The van der Waals surface area contributed by atoms with E-state index in [1.54, 1.807) is 18.2 Å². The van der Waals surface area contributed by atoms with Crippen LogP contribution in [0.1, 0.15) is 10.4 Å². The van der Waals surface area contributed by atoms with E-state index in [0.717, 1.165) is 0 Å². The average molecular weight is 295 g/mol. The van der Waals surface area contributed by atoms with Gasteiger partial charge in [-0.3, -0.25) is 0 Å². The number of esters is 1. The number of benzene rings is 2. The number of halogens is 2. The van der Waals surface area contributed by atoms with Crippen molar-refractivity contribution >= 4 is 34.6 Å². The van der Waals surface area contributed by atoms with Gasteiger partial charge < -0.3 is 15.8 Å². The van der Waals surface area contributed by atoms with Crippen molar-refractivity contribution in [3.05, 3.63) is 52.8 Å². The van der Waals surface area contributed by atoms with Crippen molar-refractivity contribution in [1.29, 1.82) is 0 Å². The van der Waals surface area contributed by atoms with Crippen molar-refractivity contribution in [2.24, 2.45) is 0 Å². The van der Waals surface area contributed by atoms with E-state index >= 15 is 0 Å². The molecule has 2 aromatic rings. The minimum atomic E-state index is -0.538. The maximum Gasteiger partial charge on any atom is 0.340 e. The Bertz CT molecular complexity index is 641. The fourth-order valence-corrected chi connectivity index (χ4v) is 1.94. The fraction of sp³-hybridized carbons (Fsp3) is 0.0714. The predicted molar refractivity (Wildman–Crippen MR) is 76.9 cm³/mol. The highest BCUT2D eigenvalue weighted by Crippen LogP contribution is 2.25. The number of rotatable bonds is 3. The Labute approximate surface area is 120 Å². The maximum absolute atomic E-state index is 13.2. The number of hydrogen-bond acceptors (Lipinski definition) is 4. The van der Waals surface area contributed by atoms with E-state index in [1.165, 1.54) is 25.3 Å². The highest BCUT2D eigenvalue weighted by Gasteiger charge is 2.11. The molecule has 0 fully saturated rings. The third-order valence-electron chi connectivity index (χ3n) is 2.61. The van der Waals surface area contributed by atoms with Gasteiger partial charge in [0.2, 0.25) is 0 Å². The standard InChI is InChI=1S/C14H12ClFN2O2/c1-20-14(19)12-7-10(2-3-13(12)17)18-11-5-8(15)4-9(16)6-11/h2-7,18H,17H2,1H3. The molecule has 0 atom stereocenters. The molecule has 0 aliphatic carbocycles. The van der Waals surface area contributed by atoms with E-state index < -0.39 is 11.8 Å². The van der Waals surface area contributed by atoms with Gasteiger partial charge in [-0.25, -0.2) is 9.18 Å².